The van der Waals surface area contributed by atoms with Gasteiger partial charge in [0.25, 0.3) is 0 Å². The lowest BCUT2D eigenvalue weighted by Gasteiger charge is -2.08. The number of hydrogen-bond donors (Lipinski definition) is 1. The van der Waals surface area contributed by atoms with E-state index in [9.17, 15) is 0 Å². The molecule has 1 aromatic carbocycles. The van der Waals surface area contributed by atoms with Gasteiger partial charge in [-0.25, -0.2) is 4.98 Å². The molecule has 3 nitrogen and oxygen atoms in total. The van der Waals surface area contributed by atoms with Crippen molar-refractivity contribution in [3.05, 3.63) is 46.0 Å². The Labute approximate surface area is 113 Å². The van der Waals surface area contributed by atoms with Crippen LogP contribution in [0, 0.1) is 0 Å². The van der Waals surface area contributed by atoms with Crippen molar-refractivity contribution in [3.8, 4) is 11.5 Å². The molecular formula is C12H10BrClN2O. The molecule has 0 bridgehead atoms. The van der Waals surface area contributed by atoms with Gasteiger partial charge in [0.1, 0.15) is 17.3 Å². The van der Waals surface area contributed by atoms with Crippen LogP contribution < -0.4 is 10.1 Å². The molecular weight excluding hydrogens is 304 g/mol. The van der Waals surface area contributed by atoms with Crippen molar-refractivity contribution in [1.82, 2.24) is 4.98 Å². The first-order chi connectivity index (χ1) is 8.19. The van der Waals surface area contributed by atoms with Crippen molar-refractivity contribution < 1.29 is 4.74 Å². The van der Waals surface area contributed by atoms with Crippen LogP contribution in [0.1, 0.15) is 0 Å². The molecule has 0 aliphatic rings. The summed E-state index contributed by atoms with van der Waals surface area (Å²) >= 11 is 9.41. The van der Waals surface area contributed by atoms with Gasteiger partial charge in [-0.15, -0.1) is 0 Å². The van der Waals surface area contributed by atoms with Crippen LogP contribution in [-0.2, 0) is 0 Å². The summed E-state index contributed by atoms with van der Waals surface area (Å²) in [4.78, 5) is 4.10. The fraction of sp³-hybridized carbons (Fsp3) is 0.0833. The van der Waals surface area contributed by atoms with E-state index < -0.39 is 0 Å². The van der Waals surface area contributed by atoms with Crippen LogP contribution in [0.4, 0.5) is 5.82 Å². The fourth-order valence-corrected chi connectivity index (χ4v) is 2.01. The molecule has 1 heterocycles. The van der Waals surface area contributed by atoms with E-state index in [4.69, 9.17) is 16.3 Å². The van der Waals surface area contributed by atoms with Crippen LogP contribution in [-0.4, -0.2) is 12.0 Å². The van der Waals surface area contributed by atoms with Gasteiger partial charge in [0.15, 0.2) is 0 Å². The predicted molar refractivity (Wildman–Crippen MR) is 73.0 cm³/mol. The second-order valence-electron chi connectivity index (χ2n) is 3.30. The van der Waals surface area contributed by atoms with Crippen LogP contribution in [0.15, 0.2) is 41.0 Å². The minimum atomic E-state index is 0.558. The van der Waals surface area contributed by atoms with Gasteiger partial charge in [0.05, 0.1) is 5.02 Å². The fourth-order valence-electron chi connectivity index (χ4n) is 1.30. The van der Waals surface area contributed by atoms with E-state index in [-0.39, 0.29) is 0 Å². The summed E-state index contributed by atoms with van der Waals surface area (Å²) in [6, 6.07) is 9.06. The summed E-state index contributed by atoms with van der Waals surface area (Å²) < 4.78 is 6.59. The highest BCUT2D eigenvalue weighted by Gasteiger charge is 2.04. The second kappa shape index (κ2) is 5.38. The normalized spacial score (nSPS) is 10.1. The van der Waals surface area contributed by atoms with Crippen LogP contribution in [0.25, 0.3) is 0 Å². The third kappa shape index (κ3) is 3.11. The molecule has 0 aliphatic carbocycles. The van der Waals surface area contributed by atoms with Crippen molar-refractivity contribution in [2.75, 3.05) is 12.4 Å². The standard InChI is InChI=1S/C12H10BrClN2O/c1-15-12-7-9(4-5-16-12)17-11-3-2-8(13)6-10(11)14/h2-7H,1H3,(H,15,16). The zero-order chi connectivity index (χ0) is 12.3. The van der Waals surface area contributed by atoms with Crippen molar-refractivity contribution in [2.24, 2.45) is 0 Å². The Morgan fingerprint density at radius 3 is 2.82 bits per heavy atom. The molecule has 88 valence electrons. The quantitative estimate of drug-likeness (QED) is 0.915. The SMILES string of the molecule is CNc1cc(Oc2ccc(Br)cc2Cl)ccn1. The number of benzene rings is 1. The Morgan fingerprint density at radius 2 is 2.12 bits per heavy atom. The summed E-state index contributed by atoms with van der Waals surface area (Å²) in [7, 11) is 1.80. The second-order valence-corrected chi connectivity index (χ2v) is 4.63. The van der Waals surface area contributed by atoms with Crippen molar-refractivity contribution in [2.45, 2.75) is 0 Å². The molecule has 0 aliphatic heterocycles. The molecule has 2 aromatic rings. The molecule has 0 spiro atoms. The Morgan fingerprint density at radius 1 is 1.29 bits per heavy atom. The lowest BCUT2D eigenvalue weighted by atomic mass is 10.3. The van der Waals surface area contributed by atoms with Gasteiger partial charge in [-0.3, -0.25) is 0 Å². The zero-order valence-corrected chi connectivity index (χ0v) is 11.4. The Bertz CT molecular complexity index is 534. The van der Waals surface area contributed by atoms with Crippen LogP contribution in [0.2, 0.25) is 5.02 Å². The van der Waals surface area contributed by atoms with Gasteiger partial charge in [-0.1, -0.05) is 27.5 Å². The molecule has 1 N–H and O–H groups in total. The van der Waals surface area contributed by atoms with Crippen molar-refractivity contribution in [3.63, 3.8) is 0 Å². The maximum Gasteiger partial charge on any atom is 0.146 e. The molecule has 5 heteroatoms. The Kier molecular flexibility index (Phi) is 3.86. The maximum absolute atomic E-state index is 6.07. The zero-order valence-electron chi connectivity index (χ0n) is 9.08. The smallest absolute Gasteiger partial charge is 0.146 e. The highest BCUT2D eigenvalue weighted by molar-refractivity contribution is 9.10. The molecule has 2 rings (SSSR count). The van der Waals surface area contributed by atoms with Gasteiger partial charge in [-0.2, -0.15) is 0 Å². The van der Waals surface area contributed by atoms with Crippen LogP contribution >= 0.6 is 27.5 Å². The van der Waals surface area contributed by atoms with Crippen LogP contribution in [0.3, 0.4) is 0 Å². The number of halogens is 2. The van der Waals surface area contributed by atoms with Crippen LogP contribution in [0.5, 0.6) is 11.5 Å². The molecule has 0 radical (unpaired) electrons. The summed E-state index contributed by atoms with van der Waals surface area (Å²) in [5.74, 6) is 2.05. The summed E-state index contributed by atoms with van der Waals surface area (Å²) in [5, 5.41) is 3.50. The number of hydrogen-bond acceptors (Lipinski definition) is 3. The predicted octanol–water partition coefficient (Wildman–Crippen LogP) is 4.33. The van der Waals surface area contributed by atoms with E-state index in [0.717, 1.165) is 10.3 Å². The van der Waals surface area contributed by atoms with E-state index in [0.29, 0.717) is 16.5 Å². The Hall–Kier alpha value is -1.26. The number of rotatable bonds is 3. The molecule has 0 unspecified atom stereocenters. The van der Waals surface area contributed by atoms with Gasteiger partial charge < -0.3 is 10.1 Å². The first-order valence-corrected chi connectivity index (χ1v) is 6.13. The monoisotopic (exact) mass is 312 g/mol. The molecule has 17 heavy (non-hydrogen) atoms. The number of nitrogens with zero attached hydrogens (tertiary/aromatic N) is 1. The lowest BCUT2D eigenvalue weighted by Crippen LogP contribution is -1.92. The highest BCUT2D eigenvalue weighted by Crippen LogP contribution is 2.31. The highest BCUT2D eigenvalue weighted by atomic mass is 79.9. The van der Waals surface area contributed by atoms with E-state index in [1.807, 2.05) is 12.1 Å². The average molecular weight is 314 g/mol. The van der Waals surface area contributed by atoms with Crippen molar-refractivity contribution in [1.29, 1.82) is 0 Å². The molecule has 0 fully saturated rings. The van der Waals surface area contributed by atoms with E-state index >= 15 is 0 Å². The van der Waals surface area contributed by atoms with Gasteiger partial charge in [0.2, 0.25) is 0 Å². The maximum atomic E-state index is 6.07. The molecule has 0 saturated heterocycles. The number of ether oxygens (including phenoxy) is 1. The van der Waals surface area contributed by atoms with E-state index in [1.54, 1.807) is 31.4 Å². The number of nitrogens with one attached hydrogen (secondary N) is 1. The third-order valence-electron chi connectivity index (χ3n) is 2.11. The van der Waals surface area contributed by atoms with E-state index in [2.05, 4.69) is 26.2 Å². The first-order valence-electron chi connectivity index (χ1n) is 4.96. The topological polar surface area (TPSA) is 34.1 Å². The van der Waals surface area contributed by atoms with Gasteiger partial charge >= 0.3 is 0 Å². The van der Waals surface area contributed by atoms with Gasteiger partial charge in [-0.05, 0) is 24.3 Å². The summed E-state index contributed by atoms with van der Waals surface area (Å²) in [6.45, 7) is 0. The van der Waals surface area contributed by atoms with E-state index in [1.165, 1.54) is 0 Å². The summed E-state index contributed by atoms with van der Waals surface area (Å²) in [5.41, 5.74) is 0. The first kappa shape index (κ1) is 12.2. The molecule has 0 atom stereocenters. The molecule has 0 saturated carbocycles. The summed E-state index contributed by atoms with van der Waals surface area (Å²) in [6.07, 6.45) is 1.67. The number of anilines is 1. The third-order valence-corrected chi connectivity index (χ3v) is 2.90. The number of pyridine rings is 1. The average Bonchev–Trinajstić information content (AvgIpc) is 2.33. The number of aromatic nitrogens is 1. The van der Waals surface area contributed by atoms with Gasteiger partial charge in [0, 0.05) is 23.8 Å². The lowest BCUT2D eigenvalue weighted by molar-refractivity contribution is 0.482. The van der Waals surface area contributed by atoms with Crippen molar-refractivity contribution >= 4 is 33.3 Å². The Balaban J connectivity index is 2.25. The molecule has 1 aromatic heterocycles. The minimum absolute atomic E-state index is 0.558. The molecule has 0 amide bonds. The minimum Gasteiger partial charge on any atom is -0.456 e. The largest absolute Gasteiger partial charge is 0.456 e.